The number of unbranched alkanes of at least 4 members (excludes halogenated alkanes) is 3. The average molecular weight is 365 g/mol. The van der Waals surface area contributed by atoms with Crippen LogP contribution in [0.2, 0.25) is 0 Å². The van der Waals surface area contributed by atoms with Crippen molar-refractivity contribution in [2.75, 3.05) is 6.61 Å². The van der Waals surface area contributed by atoms with Crippen LogP contribution in [-0.2, 0) is 9.53 Å². The lowest BCUT2D eigenvalue weighted by molar-refractivity contribution is -0.137. The van der Waals surface area contributed by atoms with Crippen LogP contribution < -0.4 is 10.1 Å². The van der Waals surface area contributed by atoms with Crippen LogP contribution in [0, 0.1) is 0 Å². The van der Waals surface area contributed by atoms with E-state index in [-0.39, 0.29) is 6.42 Å². The first-order chi connectivity index (χ1) is 12.2. The number of ether oxygens (including phenoxy) is 2. The first kappa shape index (κ1) is 21.8. The molecule has 0 radical (unpaired) electrons. The fraction of sp³-hybridized carbons (Fsp3) is 0.600. The molecule has 1 aromatic rings. The number of hydrogen-bond acceptors (Lipinski definition) is 4. The minimum absolute atomic E-state index is 0.226. The summed E-state index contributed by atoms with van der Waals surface area (Å²) in [4.78, 5) is 23.1. The van der Waals surface area contributed by atoms with Crippen LogP contribution in [0.4, 0.5) is 4.79 Å². The molecule has 1 amide bonds. The van der Waals surface area contributed by atoms with Crippen LogP contribution >= 0.6 is 0 Å². The Balaban J connectivity index is 2.66. The Hall–Kier alpha value is -2.24. The number of aliphatic carboxylic acids is 1. The van der Waals surface area contributed by atoms with Crippen molar-refractivity contribution in [3.63, 3.8) is 0 Å². The minimum Gasteiger partial charge on any atom is -0.494 e. The number of hydrogen-bond donors (Lipinski definition) is 2. The van der Waals surface area contributed by atoms with E-state index in [0.717, 1.165) is 18.6 Å². The SMILES string of the molecule is CCCCCCOc1ccc([C@H](CC(=O)O)NC(=O)OC(C)(C)C)cc1. The quantitative estimate of drug-likeness (QED) is 0.588. The van der Waals surface area contributed by atoms with Gasteiger partial charge >= 0.3 is 12.1 Å². The number of nitrogens with one attached hydrogen (secondary N) is 1. The van der Waals surface area contributed by atoms with Gasteiger partial charge in [0.2, 0.25) is 0 Å². The van der Waals surface area contributed by atoms with Crippen molar-refractivity contribution in [2.24, 2.45) is 0 Å². The van der Waals surface area contributed by atoms with Crippen LogP contribution in [0.25, 0.3) is 0 Å². The minimum atomic E-state index is -0.998. The molecule has 0 spiro atoms. The highest BCUT2D eigenvalue weighted by Crippen LogP contribution is 2.21. The van der Waals surface area contributed by atoms with Gasteiger partial charge in [-0.05, 0) is 44.9 Å². The van der Waals surface area contributed by atoms with E-state index in [1.165, 1.54) is 12.8 Å². The smallest absolute Gasteiger partial charge is 0.408 e. The molecule has 0 bridgehead atoms. The van der Waals surface area contributed by atoms with Crippen LogP contribution in [0.5, 0.6) is 5.75 Å². The van der Waals surface area contributed by atoms with Crippen LogP contribution in [-0.4, -0.2) is 29.4 Å². The third kappa shape index (κ3) is 9.30. The maximum Gasteiger partial charge on any atom is 0.408 e. The molecule has 2 N–H and O–H groups in total. The van der Waals surface area contributed by atoms with Gasteiger partial charge in [-0.3, -0.25) is 4.79 Å². The Morgan fingerprint density at radius 1 is 1.12 bits per heavy atom. The highest BCUT2D eigenvalue weighted by molar-refractivity contribution is 5.72. The van der Waals surface area contributed by atoms with E-state index < -0.39 is 23.7 Å². The summed E-state index contributed by atoms with van der Waals surface area (Å²) in [6.07, 6.45) is 3.68. The molecule has 0 saturated carbocycles. The van der Waals surface area contributed by atoms with E-state index in [0.29, 0.717) is 12.2 Å². The van der Waals surface area contributed by atoms with Gasteiger partial charge in [-0.25, -0.2) is 4.79 Å². The van der Waals surface area contributed by atoms with Gasteiger partial charge in [-0.15, -0.1) is 0 Å². The standard InChI is InChI=1S/C20H31NO5/c1-5-6-7-8-13-25-16-11-9-15(10-12-16)17(14-18(22)23)21-19(24)26-20(2,3)4/h9-12,17H,5-8,13-14H2,1-4H3,(H,21,24)(H,22,23)/t17-/m0/s1. The summed E-state index contributed by atoms with van der Waals surface area (Å²) < 4.78 is 10.9. The molecule has 0 aliphatic heterocycles. The Morgan fingerprint density at radius 3 is 2.31 bits per heavy atom. The third-order valence-corrected chi connectivity index (χ3v) is 3.62. The molecule has 1 atom stereocenters. The van der Waals surface area contributed by atoms with Crippen molar-refractivity contribution >= 4 is 12.1 Å². The van der Waals surface area contributed by atoms with Crippen molar-refractivity contribution in [1.29, 1.82) is 0 Å². The number of alkyl carbamates (subject to hydrolysis) is 1. The molecule has 26 heavy (non-hydrogen) atoms. The maximum absolute atomic E-state index is 12.0. The third-order valence-electron chi connectivity index (χ3n) is 3.62. The topological polar surface area (TPSA) is 84.9 Å². The van der Waals surface area contributed by atoms with Crippen molar-refractivity contribution in [1.82, 2.24) is 5.32 Å². The fourth-order valence-corrected chi connectivity index (χ4v) is 2.39. The molecule has 0 fully saturated rings. The molecule has 6 heteroatoms. The highest BCUT2D eigenvalue weighted by atomic mass is 16.6. The molecular formula is C20H31NO5. The molecule has 0 aliphatic carbocycles. The summed E-state index contributed by atoms with van der Waals surface area (Å²) in [5.74, 6) is -0.265. The van der Waals surface area contributed by atoms with Crippen LogP contribution in [0.15, 0.2) is 24.3 Å². The highest BCUT2D eigenvalue weighted by Gasteiger charge is 2.22. The molecule has 0 unspecified atom stereocenters. The predicted molar refractivity (Wildman–Crippen MR) is 100 cm³/mol. The normalized spacial score (nSPS) is 12.3. The number of amides is 1. The first-order valence-electron chi connectivity index (χ1n) is 9.15. The zero-order chi connectivity index (χ0) is 19.6. The van der Waals surface area contributed by atoms with E-state index in [9.17, 15) is 9.59 Å². The van der Waals surface area contributed by atoms with Crippen molar-refractivity contribution in [3.8, 4) is 5.75 Å². The van der Waals surface area contributed by atoms with Gasteiger partial charge in [0.05, 0.1) is 19.1 Å². The summed E-state index contributed by atoms with van der Waals surface area (Å²) >= 11 is 0. The maximum atomic E-state index is 12.0. The first-order valence-corrected chi connectivity index (χ1v) is 9.15. The lowest BCUT2D eigenvalue weighted by atomic mass is 10.0. The Kier molecular flexibility index (Phi) is 8.96. The van der Waals surface area contributed by atoms with Crippen LogP contribution in [0.1, 0.15) is 71.4 Å². The van der Waals surface area contributed by atoms with Crippen molar-refractivity contribution < 1.29 is 24.2 Å². The van der Waals surface area contributed by atoms with Gasteiger partial charge in [0.25, 0.3) is 0 Å². The van der Waals surface area contributed by atoms with E-state index in [2.05, 4.69) is 12.2 Å². The molecule has 0 aromatic heterocycles. The van der Waals surface area contributed by atoms with E-state index in [4.69, 9.17) is 14.6 Å². The molecule has 0 aliphatic rings. The molecule has 146 valence electrons. The molecule has 1 aromatic carbocycles. The van der Waals surface area contributed by atoms with Gasteiger partial charge in [0.1, 0.15) is 11.4 Å². The molecular weight excluding hydrogens is 334 g/mol. The number of carboxylic acids is 1. The summed E-state index contributed by atoms with van der Waals surface area (Å²) in [5, 5.41) is 11.7. The molecule has 0 saturated heterocycles. The second-order valence-corrected chi connectivity index (χ2v) is 7.27. The molecule has 6 nitrogen and oxygen atoms in total. The Morgan fingerprint density at radius 2 is 1.77 bits per heavy atom. The zero-order valence-corrected chi connectivity index (χ0v) is 16.2. The molecule has 1 rings (SSSR count). The summed E-state index contributed by atoms with van der Waals surface area (Å²) in [5.41, 5.74) is 0.0458. The lowest BCUT2D eigenvalue weighted by Gasteiger charge is -2.23. The number of carbonyl (C=O) groups is 2. The summed E-state index contributed by atoms with van der Waals surface area (Å²) in [6.45, 7) is 8.09. The average Bonchev–Trinajstić information content (AvgIpc) is 2.52. The number of benzene rings is 1. The van der Waals surface area contributed by atoms with Crippen molar-refractivity contribution in [3.05, 3.63) is 29.8 Å². The van der Waals surface area contributed by atoms with Gasteiger partial charge in [-0.1, -0.05) is 38.3 Å². The van der Waals surface area contributed by atoms with Gasteiger partial charge in [-0.2, -0.15) is 0 Å². The van der Waals surface area contributed by atoms with Gasteiger partial charge in [0, 0.05) is 0 Å². The van der Waals surface area contributed by atoms with E-state index >= 15 is 0 Å². The number of rotatable bonds is 10. The number of carboxylic acid groups (broad SMARTS) is 1. The Labute approximate surface area is 155 Å². The number of carbonyl (C=O) groups excluding carboxylic acids is 1. The van der Waals surface area contributed by atoms with Crippen molar-refractivity contribution in [2.45, 2.75) is 71.4 Å². The Bertz CT molecular complexity index is 563. The van der Waals surface area contributed by atoms with E-state index in [1.807, 2.05) is 0 Å². The predicted octanol–water partition coefficient (Wildman–Crippen LogP) is 4.69. The fourth-order valence-electron chi connectivity index (χ4n) is 2.39. The summed E-state index contributed by atoms with van der Waals surface area (Å²) in [7, 11) is 0. The second-order valence-electron chi connectivity index (χ2n) is 7.27. The summed E-state index contributed by atoms with van der Waals surface area (Å²) in [6, 6.07) is 6.46. The lowest BCUT2D eigenvalue weighted by Crippen LogP contribution is -2.35. The van der Waals surface area contributed by atoms with Gasteiger partial charge in [0.15, 0.2) is 0 Å². The van der Waals surface area contributed by atoms with E-state index in [1.54, 1.807) is 45.0 Å². The monoisotopic (exact) mass is 365 g/mol. The molecule has 0 heterocycles. The zero-order valence-electron chi connectivity index (χ0n) is 16.2. The van der Waals surface area contributed by atoms with Gasteiger partial charge < -0.3 is 19.9 Å². The largest absolute Gasteiger partial charge is 0.494 e. The second kappa shape index (κ2) is 10.7. The van der Waals surface area contributed by atoms with Crippen LogP contribution in [0.3, 0.4) is 0 Å².